The van der Waals surface area contributed by atoms with Gasteiger partial charge in [-0.3, -0.25) is 4.79 Å². The van der Waals surface area contributed by atoms with E-state index in [0.717, 1.165) is 17.8 Å². The van der Waals surface area contributed by atoms with Crippen LogP contribution in [0.1, 0.15) is 32.6 Å². The van der Waals surface area contributed by atoms with E-state index in [1.807, 2.05) is 45.0 Å². The quantitative estimate of drug-likeness (QED) is 0.865. The Bertz CT molecular complexity index is 468. The van der Waals surface area contributed by atoms with Crippen LogP contribution in [0.15, 0.2) is 24.3 Å². The van der Waals surface area contributed by atoms with Crippen LogP contribution in [0.4, 0.5) is 5.69 Å². The molecule has 2 N–H and O–H groups in total. The summed E-state index contributed by atoms with van der Waals surface area (Å²) >= 11 is 0. The van der Waals surface area contributed by atoms with Gasteiger partial charge in [-0.25, -0.2) is 0 Å². The monoisotopic (exact) mass is 278 g/mol. The second-order valence-electron chi connectivity index (χ2n) is 5.31. The van der Waals surface area contributed by atoms with Crippen LogP contribution >= 0.6 is 0 Å². The molecular weight excluding hydrogens is 256 g/mol. The van der Waals surface area contributed by atoms with Crippen molar-refractivity contribution < 1.29 is 14.3 Å². The Labute approximate surface area is 119 Å². The predicted molar refractivity (Wildman–Crippen MR) is 77.5 cm³/mol. The van der Waals surface area contributed by atoms with Crippen LogP contribution in [0.3, 0.4) is 0 Å². The van der Waals surface area contributed by atoms with Crippen LogP contribution in [-0.4, -0.2) is 31.2 Å². The molecule has 0 aromatic heterocycles. The number of rotatable bonds is 5. The highest BCUT2D eigenvalue weighted by Gasteiger charge is 2.26. The van der Waals surface area contributed by atoms with Crippen molar-refractivity contribution in [3.8, 4) is 0 Å². The third-order valence-electron chi connectivity index (χ3n) is 3.22. The summed E-state index contributed by atoms with van der Waals surface area (Å²) in [6.45, 7) is 7.65. The van der Waals surface area contributed by atoms with Crippen LogP contribution in [0.5, 0.6) is 0 Å². The van der Waals surface area contributed by atoms with E-state index in [2.05, 4.69) is 10.6 Å². The van der Waals surface area contributed by atoms with Gasteiger partial charge in [-0.1, -0.05) is 19.1 Å². The van der Waals surface area contributed by atoms with Crippen LogP contribution in [0.2, 0.25) is 0 Å². The number of likely N-dealkylation sites (N-methyl/N-ethyl adjacent to an activating group) is 1. The van der Waals surface area contributed by atoms with Gasteiger partial charge in [0.05, 0.1) is 18.8 Å². The van der Waals surface area contributed by atoms with Crippen LogP contribution < -0.4 is 10.6 Å². The van der Waals surface area contributed by atoms with E-state index in [9.17, 15) is 4.79 Å². The lowest BCUT2D eigenvalue weighted by molar-refractivity contribution is -0.121. The molecule has 1 saturated heterocycles. The fraction of sp³-hybridized carbons (Fsp3) is 0.533. The number of amides is 1. The minimum absolute atomic E-state index is 0.0650. The zero-order chi connectivity index (χ0) is 14.6. The second kappa shape index (κ2) is 6.35. The highest BCUT2D eigenvalue weighted by atomic mass is 16.7. The van der Waals surface area contributed by atoms with Crippen molar-refractivity contribution in [3.63, 3.8) is 0 Å². The minimum Gasteiger partial charge on any atom is -0.346 e. The molecule has 1 aromatic rings. The molecule has 0 atom stereocenters. The Morgan fingerprint density at radius 3 is 2.70 bits per heavy atom. The molecule has 110 valence electrons. The summed E-state index contributed by atoms with van der Waals surface area (Å²) < 4.78 is 10.9. The number of carbonyl (C=O) groups excluding carboxylic acids is 1. The molecule has 0 saturated carbocycles. The van der Waals surface area contributed by atoms with Gasteiger partial charge in [-0.2, -0.15) is 0 Å². The van der Waals surface area contributed by atoms with Gasteiger partial charge in [0, 0.05) is 11.3 Å². The molecule has 1 heterocycles. The first-order valence-corrected chi connectivity index (χ1v) is 6.92. The molecule has 1 fully saturated rings. The molecule has 1 aliphatic rings. The number of nitrogens with one attached hydrogen (secondary N) is 2. The Kier molecular flexibility index (Phi) is 4.75. The summed E-state index contributed by atoms with van der Waals surface area (Å²) in [7, 11) is 0. The molecule has 0 unspecified atom stereocenters. The number of hydrogen-bond acceptors (Lipinski definition) is 4. The first-order valence-electron chi connectivity index (χ1n) is 6.92. The molecule has 0 radical (unpaired) electrons. The van der Waals surface area contributed by atoms with Crippen LogP contribution in [-0.2, 0) is 14.3 Å². The smallest absolute Gasteiger partial charge is 0.244 e. The number of carbonyl (C=O) groups is 1. The van der Waals surface area contributed by atoms with Crippen molar-refractivity contribution in [3.05, 3.63) is 29.8 Å². The normalized spacial score (nSPS) is 16.4. The van der Waals surface area contributed by atoms with Crippen molar-refractivity contribution in [1.29, 1.82) is 0 Å². The van der Waals surface area contributed by atoms with Crippen molar-refractivity contribution in [2.24, 2.45) is 0 Å². The number of benzene rings is 1. The third kappa shape index (κ3) is 3.56. The van der Waals surface area contributed by atoms with E-state index >= 15 is 0 Å². The van der Waals surface area contributed by atoms with E-state index in [1.54, 1.807) is 0 Å². The maximum Gasteiger partial charge on any atom is 0.244 e. The molecular formula is C15H22N2O3. The summed E-state index contributed by atoms with van der Waals surface area (Å²) in [5.74, 6) is -0.0650. The predicted octanol–water partition coefficient (Wildman–Crippen LogP) is 2.06. The molecule has 20 heavy (non-hydrogen) atoms. The Hall–Kier alpha value is -1.43. The molecule has 1 aromatic carbocycles. The third-order valence-corrected chi connectivity index (χ3v) is 3.22. The average Bonchev–Trinajstić information content (AvgIpc) is 2.93. The summed E-state index contributed by atoms with van der Waals surface area (Å²) in [6, 6.07) is 7.56. The molecule has 0 bridgehead atoms. The molecule has 0 spiro atoms. The summed E-state index contributed by atoms with van der Waals surface area (Å²) in [6.07, 6.45) is -0.325. The first-order chi connectivity index (χ1) is 9.53. The fourth-order valence-corrected chi connectivity index (χ4v) is 2.12. The van der Waals surface area contributed by atoms with E-state index in [4.69, 9.17) is 9.47 Å². The maximum atomic E-state index is 12.2. The van der Waals surface area contributed by atoms with Crippen molar-refractivity contribution in [2.45, 2.75) is 32.6 Å². The lowest BCUT2D eigenvalue weighted by Crippen LogP contribution is -2.49. The minimum atomic E-state index is -0.606. The van der Waals surface area contributed by atoms with Gasteiger partial charge in [0.25, 0.3) is 0 Å². The van der Waals surface area contributed by atoms with Crippen LogP contribution in [0.25, 0.3) is 0 Å². The number of ether oxygens (including phenoxy) is 2. The number of hydrogen-bond donors (Lipinski definition) is 2. The molecule has 5 nitrogen and oxygen atoms in total. The van der Waals surface area contributed by atoms with Gasteiger partial charge in [0.15, 0.2) is 6.29 Å². The van der Waals surface area contributed by atoms with Crippen molar-refractivity contribution in [2.75, 3.05) is 25.1 Å². The Morgan fingerprint density at radius 2 is 2.05 bits per heavy atom. The maximum absolute atomic E-state index is 12.2. The van der Waals surface area contributed by atoms with Gasteiger partial charge in [-0.05, 0) is 32.5 Å². The van der Waals surface area contributed by atoms with E-state index < -0.39 is 5.54 Å². The lowest BCUT2D eigenvalue weighted by atomic mass is 10.0. The SMILES string of the molecule is CCNC(C)(C)C(=O)Nc1cccc(C2OCCO2)c1. The molecule has 2 rings (SSSR count). The van der Waals surface area contributed by atoms with Gasteiger partial charge in [0.1, 0.15) is 0 Å². The molecule has 0 aliphatic carbocycles. The van der Waals surface area contributed by atoms with Gasteiger partial charge >= 0.3 is 0 Å². The van der Waals surface area contributed by atoms with Crippen molar-refractivity contribution in [1.82, 2.24) is 5.32 Å². The first kappa shape index (κ1) is 15.0. The van der Waals surface area contributed by atoms with Gasteiger partial charge in [-0.15, -0.1) is 0 Å². The topological polar surface area (TPSA) is 59.6 Å². The Balaban J connectivity index is 2.06. The fourth-order valence-electron chi connectivity index (χ4n) is 2.12. The Morgan fingerprint density at radius 1 is 1.35 bits per heavy atom. The second-order valence-corrected chi connectivity index (χ2v) is 5.31. The summed E-state index contributed by atoms with van der Waals surface area (Å²) in [4.78, 5) is 12.2. The van der Waals surface area contributed by atoms with Gasteiger partial charge < -0.3 is 20.1 Å². The van der Waals surface area contributed by atoms with Gasteiger partial charge in [0.2, 0.25) is 5.91 Å². The van der Waals surface area contributed by atoms with E-state index in [-0.39, 0.29) is 12.2 Å². The lowest BCUT2D eigenvalue weighted by Gasteiger charge is -2.24. The molecule has 1 aliphatic heterocycles. The van der Waals surface area contributed by atoms with Crippen LogP contribution in [0, 0.1) is 0 Å². The largest absolute Gasteiger partial charge is 0.346 e. The summed E-state index contributed by atoms with van der Waals surface area (Å²) in [5, 5.41) is 6.07. The molecule has 5 heteroatoms. The number of anilines is 1. The molecule has 1 amide bonds. The standard InChI is InChI=1S/C15H22N2O3/c1-4-16-15(2,3)14(18)17-12-7-5-6-11(10-12)13-19-8-9-20-13/h5-7,10,13,16H,4,8-9H2,1-3H3,(H,17,18). The zero-order valence-corrected chi connectivity index (χ0v) is 12.2. The van der Waals surface area contributed by atoms with E-state index in [1.165, 1.54) is 0 Å². The van der Waals surface area contributed by atoms with Crippen molar-refractivity contribution >= 4 is 11.6 Å². The average molecular weight is 278 g/mol. The highest BCUT2D eigenvalue weighted by Crippen LogP contribution is 2.25. The van der Waals surface area contributed by atoms with E-state index in [0.29, 0.717) is 13.2 Å². The highest BCUT2D eigenvalue weighted by molar-refractivity contribution is 5.97. The zero-order valence-electron chi connectivity index (χ0n) is 12.2. The summed E-state index contributed by atoms with van der Waals surface area (Å²) in [5.41, 5.74) is 1.06.